The van der Waals surface area contributed by atoms with Gasteiger partial charge in [0.15, 0.2) is 0 Å². The molecule has 0 spiro atoms. The van der Waals surface area contributed by atoms with Gasteiger partial charge in [-0.05, 0) is 26.3 Å². The molecule has 0 bridgehead atoms. The maximum absolute atomic E-state index is 12.4. The van der Waals surface area contributed by atoms with Crippen LogP contribution in [-0.4, -0.2) is 59.9 Å². The molecule has 1 fully saturated rings. The van der Waals surface area contributed by atoms with Crippen molar-refractivity contribution in [3.05, 3.63) is 35.9 Å². The maximum atomic E-state index is 12.4. The molecule has 1 aromatic carbocycles. The van der Waals surface area contributed by atoms with Gasteiger partial charge in [0.2, 0.25) is 5.91 Å². The Kier molecular flexibility index (Phi) is 6.94. The molecule has 24 heavy (non-hydrogen) atoms. The number of benzene rings is 1. The first-order valence-electron chi connectivity index (χ1n) is 8.64. The molecule has 0 radical (unpaired) electrons. The van der Waals surface area contributed by atoms with E-state index in [1.54, 1.807) is 0 Å². The van der Waals surface area contributed by atoms with Gasteiger partial charge in [-0.3, -0.25) is 9.69 Å². The summed E-state index contributed by atoms with van der Waals surface area (Å²) >= 11 is 0. The zero-order valence-corrected chi connectivity index (χ0v) is 14.9. The lowest BCUT2D eigenvalue weighted by molar-refractivity contribution is -0.144. The zero-order valence-electron chi connectivity index (χ0n) is 14.9. The lowest BCUT2D eigenvalue weighted by Gasteiger charge is -2.44. The number of amides is 1. The maximum Gasteiger partial charge on any atom is 0.248 e. The van der Waals surface area contributed by atoms with Gasteiger partial charge in [-0.15, -0.1) is 0 Å². The molecule has 1 amide bonds. The summed E-state index contributed by atoms with van der Waals surface area (Å²) in [5.41, 5.74) is 1.29. The van der Waals surface area contributed by atoms with E-state index in [-0.39, 0.29) is 24.7 Å². The number of rotatable bonds is 7. The SMILES string of the molecule is CC(CC=O)OCC(=O)N1CC(C)N(Cc2ccccc2)CC1C. The van der Waals surface area contributed by atoms with Crippen molar-refractivity contribution in [3.63, 3.8) is 0 Å². The number of carbonyl (C=O) groups excluding carboxylic acids is 2. The zero-order chi connectivity index (χ0) is 17.5. The fourth-order valence-corrected chi connectivity index (χ4v) is 3.08. The van der Waals surface area contributed by atoms with Crippen molar-refractivity contribution in [3.8, 4) is 0 Å². The van der Waals surface area contributed by atoms with Crippen molar-refractivity contribution in [1.82, 2.24) is 9.80 Å². The Morgan fingerprint density at radius 1 is 1.25 bits per heavy atom. The molecule has 0 aliphatic carbocycles. The molecule has 1 saturated heterocycles. The van der Waals surface area contributed by atoms with E-state index in [1.165, 1.54) is 5.56 Å². The minimum Gasteiger partial charge on any atom is -0.368 e. The van der Waals surface area contributed by atoms with Crippen LogP contribution in [0.15, 0.2) is 30.3 Å². The van der Waals surface area contributed by atoms with E-state index in [0.717, 1.165) is 19.4 Å². The summed E-state index contributed by atoms with van der Waals surface area (Å²) in [5, 5.41) is 0. The number of hydrogen-bond acceptors (Lipinski definition) is 4. The van der Waals surface area contributed by atoms with Gasteiger partial charge in [-0.25, -0.2) is 0 Å². The van der Waals surface area contributed by atoms with Gasteiger partial charge in [0, 0.05) is 38.1 Å². The first kappa shape index (κ1) is 18.6. The van der Waals surface area contributed by atoms with Crippen molar-refractivity contribution in [2.24, 2.45) is 0 Å². The Labute approximate surface area is 144 Å². The van der Waals surface area contributed by atoms with Gasteiger partial charge >= 0.3 is 0 Å². The van der Waals surface area contributed by atoms with Crippen LogP contribution in [0.25, 0.3) is 0 Å². The number of ether oxygens (including phenoxy) is 1. The van der Waals surface area contributed by atoms with E-state index in [4.69, 9.17) is 4.74 Å². The molecule has 3 unspecified atom stereocenters. The van der Waals surface area contributed by atoms with Gasteiger partial charge in [0.05, 0.1) is 6.10 Å². The number of hydrogen-bond donors (Lipinski definition) is 0. The normalized spacial score (nSPS) is 23.0. The fraction of sp³-hybridized carbons (Fsp3) is 0.579. The summed E-state index contributed by atoms with van der Waals surface area (Å²) < 4.78 is 5.47. The summed E-state index contributed by atoms with van der Waals surface area (Å²) in [6.45, 7) is 8.56. The Bertz CT molecular complexity index is 535. The van der Waals surface area contributed by atoms with Gasteiger partial charge in [-0.1, -0.05) is 30.3 Å². The third-order valence-corrected chi connectivity index (χ3v) is 4.58. The molecule has 2 rings (SSSR count). The van der Waals surface area contributed by atoms with Crippen LogP contribution in [0.5, 0.6) is 0 Å². The molecule has 0 N–H and O–H groups in total. The van der Waals surface area contributed by atoms with Crippen LogP contribution in [0.1, 0.15) is 32.8 Å². The van der Waals surface area contributed by atoms with Crippen LogP contribution >= 0.6 is 0 Å². The van der Waals surface area contributed by atoms with Crippen LogP contribution < -0.4 is 0 Å². The van der Waals surface area contributed by atoms with E-state index in [2.05, 4.69) is 43.0 Å². The summed E-state index contributed by atoms with van der Waals surface area (Å²) in [6, 6.07) is 10.9. The molecule has 132 valence electrons. The molecule has 3 atom stereocenters. The van der Waals surface area contributed by atoms with Gasteiger partial charge in [0.1, 0.15) is 12.9 Å². The molecule has 1 aliphatic heterocycles. The average Bonchev–Trinajstić information content (AvgIpc) is 2.57. The topological polar surface area (TPSA) is 49.9 Å². The highest BCUT2D eigenvalue weighted by Crippen LogP contribution is 2.18. The first-order valence-corrected chi connectivity index (χ1v) is 8.64. The van der Waals surface area contributed by atoms with Gasteiger partial charge in [-0.2, -0.15) is 0 Å². The van der Waals surface area contributed by atoms with Crippen LogP contribution in [0.2, 0.25) is 0 Å². The second-order valence-corrected chi connectivity index (χ2v) is 6.68. The van der Waals surface area contributed by atoms with E-state index in [9.17, 15) is 9.59 Å². The van der Waals surface area contributed by atoms with Gasteiger partial charge < -0.3 is 14.4 Å². The predicted molar refractivity (Wildman–Crippen MR) is 93.6 cm³/mol. The quantitative estimate of drug-likeness (QED) is 0.718. The summed E-state index contributed by atoms with van der Waals surface area (Å²) in [6.07, 6.45) is 0.935. The summed E-state index contributed by atoms with van der Waals surface area (Å²) in [5.74, 6) is 0.00598. The van der Waals surface area contributed by atoms with Crippen molar-refractivity contribution in [2.45, 2.75) is 51.9 Å². The van der Waals surface area contributed by atoms with E-state index in [1.807, 2.05) is 17.9 Å². The lowest BCUT2D eigenvalue weighted by Crippen LogP contribution is -2.58. The Morgan fingerprint density at radius 2 is 1.96 bits per heavy atom. The van der Waals surface area contributed by atoms with Crippen LogP contribution in [-0.2, 0) is 20.9 Å². The lowest BCUT2D eigenvalue weighted by atomic mass is 10.1. The molecule has 1 aliphatic rings. The second kappa shape index (κ2) is 8.94. The molecular formula is C19H28N2O3. The van der Waals surface area contributed by atoms with Crippen molar-refractivity contribution in [1.29, 1.82) is 0 Å². The highest BCUT2D eigenvalue weighted by atomic mass is 16.5. The third kappa shape index (κ3) is 5.14. The molecular weight excluding hydrogens is 304 g/mol. The standard InChI is InChI=1S/C19H28N2O3/c1-15-12-21(19(23)14-24-17(3)9-10-22)16(2)11-20(15)13-18-7-5-4-6-8-18/h4-8,10,15-17H,9,11-14H2,1-3H3. The monoisotopic (exact) mass is 332 g/mol. The molecule has 1 heterocycles. The number of piperazine rings is 1. The molecule has 5 nitrogen and oxygen atoms in total. The summed E-state index contributed by atoms with van der Waals surface area (Å²) in [7, 11) is 0. The highest BCUT2D eigenvalue weighted by molar-refractivity contribution is 5.78. The second-order valence-electron chi connectivity index (χ2n) is 6.68. The number of carbonyl (C=O) groups is 2. The Balaban J connectivity index is 1.87. The fourth-order valence-electron chi connectivity index (χ4n) is 3.08. The first-order chi connectivity index (χ1) is 11.5. The largest absolute Gasteiger partial charge is 0.368 e. The van der Waals surface area contributed by atoms with E-state index >= 15 is 0 Å². The van der Waals surface area contributed by atoms with E-state index in [0.29, 0.717) is 19.0 Å². The molecule has 0 aromatic heterocycles. The van der Waals surface area contributed by atoms with Crippen LogP contribution in [0, 0.1) is 0 Å². The third-order valence-electron chi connectivity index (χ3n) is 4.58. The van der Waals surface area contributed by atoms with Crippen molar-refractivity contribution < 1.29 is 14.3 Å². The Hall–Kier alpha value is -1.72. The minimum absolute atomic E-state index is 0.00598. The summed E-state index contributed by atoms with van der Waals surface area (Å²) in [4.78, 5) is 27.2. The smallest absolute Gasteiger partial charge is 0.248 e. The number of aldehydes is 1. The highest BCUT2D eigenvalue weighted by Gasteiger charge is 2.31. The van der Waals surface area contributed by atoms with Crippen LogP contribution in [0.4, 0.5) is 0 Å². The molecule has 0 saturated carbocycles. The number of nitrogens with zero attached hydrogens (tertiary/aromatic N) is 2. The predicted octanol–water partition coefficient (Wildman–Crippen LogP) is 2.10. The van der Waals surface area contributed by atoms with Crippen molar-refractivity contribution in [2.75, 3.05) is 19.7 Å². The average molecular weight is 332 g/mol. The molecule has 5 heteroatoms. The van der Waals surface area contributed by atoms with Gasteiger partial charge in [0.25, 0.3) is 0 Å². The van der Waals surface area contributed by atoms with Crippen molar-refractivity contribution >= 4 is 12.2 Å². The minimum atomic E-state index is -0.210. The molecule has 1 aromatic rings. The van der Waals surface area contributed by atoms with Crippen LogP contribution in [0.3, 0.4) is 0 Å². The Morgan fingerprint density at radius 3 is 2.62 bits per heavy atom. The van der Waals surface area contributed by atoms with E-state index < -0.39 is 0 Å².